The van der Waals surface area contributed by atoms with Gasteiger partial charge in [0, 0.05) is 25.2 Å². The largest absolute Gasteiger partial charge is 0.475 e. The molecule has 1 atom stereocenters. The standard InChI is InChI=1S/C14H17BrClN3O2/c1-10(9-21-14-5-3-4-13(16)17-14)20-7-6-11-8-12(15)18-19(11)2/h3-5,8,10H,6-7,9H2,1-2H3. The Hall–Kier alpha value is -1.11. The first-order valence-corrected chi connectivity index (χ1v) is 7.77. The van der Waals surface area contributed by atoms with E-state index in [2.05, 4.69) is 26.0 Å². The molecule has 0 aliphatic rings. The van der Waals surface area contributed by atoms with Gasteiger partial charge in [-0.05, 0) is 35.0 Å². The van der Waals surface area contributed by atoms with Crippen molar-refractivity contribution in [1.82, 2.24) is 14.8 Å². The summed E-state index contributed by atoms with van der Waals surface area (Å²) in [6.45, 7) is 3.01. The lowest BCUT2D eigenvalue weighted by molar-refractivity contribution is 0.0323. The maximum absolute atomic E-state index is 5.79. The van der Waals surface area contributed by atoms with E-state index in [-0.39, 0.29) is 6.10 Å². The van der Waals surface area contributed by atoms with Gasteiger partial charge < -0.3 is 9.47 Å². The molecule has 0 radical (unpaired) electrons. The van der Waals surface area contributed by atoms with Crippen LogP contribution in [-0.2, 0) is 18.2 Å². The van der Waals surface area contributed by atoms with Crippen LogP contribution in [0.1, 0.15) is 12.6 Å². The van der Waals surface area contributed by atoms with Crippen molar-refractivity contribution in [1.29, 1.82) is 0 Å². The van der Waals surface area contributed by atoms with E-state index in [1.165, 1.54) is 0 Å². The molecule has 114 valence electrons. The van der Waals surface area contributed by atoms with Crippen molar-refractivity contribution in [2.24, 2.45) is 7.05 Å². The molecule has 21 heavy (non-hydrogen) atoms. The van der Waals surface area contributed by atoms with Crippen molar-refractivity contribution in [3.8, 4) is 5.88 Å². The molecule has 2 rings (SSSR count). The monoisotopic (exact) mass is 373 g/mol. The van der Waals surface area contributed by atoms with Crippen LogP contribution in [0.4, 0.5) is 0 Å². The molecule has 2 aromatic heterocycles. The SMILES string of the molecule is CC(COc1cccc(Cl)n1)OCCc1cc(Br)nn1C. The third-order valence-corrected chi connectivity index (χ3v) is 3.46. The zero-order valence-electron chi connectivity index (χ0n) is 11.9. The summed E-state index contributed by atoms with van der Waals surface area (Å²) in [6.07, 6.45) is 0.775. The Labute approximate surface area is 137 Å². The molecular formula is C14H17BrClN3O2. The number of hydrogen-bond acceptors (Lipinski definition) is 4. The first kappa shape index (κ1) is 16.3. The Kier molecular flexibility index (Phi) is 6.02. The summed E-state index contributed by atoms with van der Waals surface area (Å²) in [5, 5.41) is 4.64. The molecule has 2 heterocycles. The maximum Gasteiger partial charge on any atom is 0.214 e. The predicted molar refractivity (Wildman–Crippen MR) is 84.8 cm³/mol. The van der Waals surface area contributed by atoms with Gasteiger partial charge in [-0.2, -0.15) is 5.10 Å². The highest BCUT2D eigenvalue weighted by molar-refractivity contribution is 9.10. The van der Waals surface area contributed by atoms with Crippen LogP contribution in [0.5, 0.6) is 5.88 Å². The molecule has 0 spiro atoms. The number of ether oxygens (including phenoxy) is 2. The zero-order valence-corrected chi connectivity index (χ0v) is 14.3. The van der Waals surface area contributed by atoms with Gasteiger partial charge in [-0.15, -0.1) is 0 Å². The third kappa shape index (κ3) is 5.30. The summed E-state index contributed by atoms with van der Waals surface area (Å²) in [5.74, 6) is 0.508. The summed E-state index contributed by atoms with van der Waals surface area (Å²) < 4.78 is 13.9. The van der Waals surface area contributed by atoms with Crippen LogP contribution >= 0.6 is 27.5 Å². The van der Waals surface area contributed by atoms with Crippen LogP contribution in [0, 0.1) is 0 Å². The van der Waals surface area contributed by atoms with Crippen molar-refractivity contribution >= 4 is 27.5 Å². The van der Waals surface area contributed by atoms with E-state index in [1.807, 2.05) is 24.7 Å². The van der Waals surface area contributed by atoms with E-state index in [4.69, 9.17) is 21.1 Å². The van der Waals surface area contributed by atoms with Gasteiger partial charge in [-0.25, -0.2) is 4.98 Å². The predicted octanol–water partition coefficient (Wildman–Crippen LogP) is 3.26. The fourth-order valence-electron chi connectivity index (χ4n) is 1.79. The normalized spacial score (nSPS) is 12.4. The Morgan fingerprint density at radius 1 is 1.43 bits per heavy atom. The Balaban J connectivity index is 1.70. The minimum absolute atomic E-state index is 0.0255. The molecular weight excluding hydrogens is 358 g/mol. The van der Waals surface area contributed by atoms with E-state index >= 15 is 0 Å². The van der Waals surface area contributed by atoms with E-state index in [9.17, 15) is 0 Å². The second-order valence-electron chi connectivity index (χ2n) is 4.62. The molecule has 0 bridgehead atoms. The van der Waals surface area contributed by atoms with Crippen LogP contribution in [0.25, 0.3) is 0 Å². The summed E-state index contributed by atoms with van der Waals surface area (Å²) in [6, 6.07) is 7.27. The molecule has 0 aliphatic heterocycles. The lowest BCUT2D eigenvalue weighted by atomic mass is 10.3. The third-order valence-electron chi connectivity index (χ3n) is 2.86. The van der Waals surface area contributed by atoms with Gasteiger partial charge >= 0.3 is 0 Å². The second-order valence-corrected chi connectivity index (χ2v) is 5.82. The van der Waals surface area contributed by atoms with Crippen LogP contribution in [-0.4, -0.2) is 34.1 Å². The number of aromatic nitrogens is 3. The number of pyridine rings is 1. The van der Waals surface area contributed by atoms with Crippen LogP contribution < -0.4 is 4.74 Å². The maximum atomic E-state index is 5.79. The molecule has 2 aromatic rings. The van der Waals surface area contributed by atoms with Crippen LogP contribution in [0.3, 0.4) is 0 Å². The fourth-order valence-corrected chi connectivity index (χ4v) is 2.44. The van der Waals surface area contributed by atoms with Gasteiger partial charge in [0.25, 0.3) is 0 Å². The summed E-state index contributed by atoms with van der Waals surface area (Å²) in [5.41, 5.74) is 1.12. The lowest BCUT2D eigenvalue weighted by Crippen LogP contribution is -2.20. The molecule has 0 N–H and O–H groups in total. The highest BCUT2D eigenvalue weighted by atomic mass is 79.9. The summed E-state index contributed by atoms with van der Waals surface area (Å²) in [7, 11) is 1.91. The van der Waals surface area contributed by atoms with Gasteiger partial charge in [-0.1, -0.05) is 17.7 Å². The first-order chi connectivity index (χ1) is 10.0. The van der Waals surface area contributed by atoms with Crippen molar-refractivity contribution in [2.75, 3.05) is 13.2 Å². The Morgan fingerprint density at radius 2 is 2.24 bits per heavy atom. The topological polar surface area (TPSA) is 49.2 Å². The summed E-state index contributed by atoms with van der Waals surface area (Å²) >= 11 is 9.14. The fraction of sp³-hybridized carbons (Fsp3) is 0.429. The summed E-state index contributed by atoms with van der Waals surface area (Å²) in [4.78, 5) is 4.06. The lowest BCUT2D eigenvalue weighted by Gasteiger charge is -2.13. The van der Waals surface area contributed by atoms with Gasteiger partial charge in [0.2, 0.25) is 5.88 Å². The smallest absolute Gasteiger partial charge is 0.214 e. The van der Waals surface area contributed by atoms with Crippen LogP contribution in [0.2, 0.25) is 5.15 Å². The van der Waals surface area contributed by atoms with E-state index < -0.39 is 0 Å². The van der Waals surface area contributed by atoms with Crippen molar-refractivity contribution < 1.29 is 9.47 Å². The molecule has 1 unspecified atom stereocenters. The van der Waals surface area contributed by atoms with Crippen LogP contribution in [0.15, 0.2) is 28.9 Å². The highest BCUT2D eigenvalue weighted by Crippen LogP contribution is 2.12. The number of aryl methyl sites for hydroxylation is 1. The minimum Gasteiger partial charge on any atom is -0.475 e. The van der Waals surface area contributed by atoms with Crippen molar-refractivity contribution in [2.45, 2.75) is 19.4 Å². The van der Waals surface area contributed by atoms with E-state index in [0.717, 1.165) is 16.7 Å². The van der Waals surface area contributed by atoms with E-state index in [0.29, 0.717) is 24.2 Å². The second kappa shape index (κ2) is 7.77. The highest BCUT2D eigenvalue weighted by Gasteiger charge is 2.07. The molecule has 0 saturated carbocycles. The van der Waals surface area contributed by atoms with E-state index in [1.54, 1.807) is 18.2 Å². The van der Waals surface area contributed by atoms with Crippen molar-refractivity contribution in [3.63, 3.8) is 0 Å². The van der Waals surface area contributed by atoms with Crippen molar-refractivity contribution in [3.05, 3.63) is 39.7 Å². The number of nitrogens with zero attached hydrogens (tertiary/aromatic N) is 3. The molecule has 0 saturated heterocycles. The Morgan fingerprint density at radius 3 is 2.90 bits per heavy atom. The molecule has 0 aromatic carbocycles. The van der Waals surface area contributed by atoms with Gasteiger partial charge in [0.05, 0.1) is 12.7 Å². The average Bonchev–Trinajstić information content (AvgIpc) is 2.75. The first-order valence-electron chi connectivity index (χ1n) is 6.60. The molecule has 7 heteroatoms. The molecule has 0 amide bonds. The number of hydrogen-bond donors (Lipinski definition) is 0. The number of rotatable bonds is 7. The Bertz CT molecular complexity index is 591. The molecule has 0 aliphatic carbocycles. The zero-order chi connectivity index (χ0) is 15.2. The molecule has 5 nitrogen and oxygen atoms in total. The minimum atomic E-state index is -0.0255. The quantitative estimate of drug-likeness (QED) is 0.698. The number of halogens is 2. The average molecular weight is 375 g/mol. The van der Waals surface area contributed by atoms with Gasteiger partial charge in [-0.3, -0.25) is 4.68 Å². The molecule has 0 fully saturated rings. The van der Waals surface area contributed by atoms with Gasteiger partial charge in [0.1, 0.15) is 16.4 Å². The van der Waals surface area contributed by atoms with Gasteiger partial charge in [0.15, 0.2) is 0 Å².